The van der Waals surface area contributed by atoms with Crippen molar-refractivity contribution in [2.24, 2.45) is 5.73 Å². The Morgan fingerprint density at radius 3 is 2.61 bits per heavy atom. The van der Waals surface area contributed by atoms with Crippen molar-refractivity contribution in [1.82, 2.24) is 4.90 Å². The van der Waals surface area contributed by atoms with E-state index in [1.807, 2.05) is 0 Å². The van der Waals surface area contributed by atoms with Crippen LogP contribution in [0.3, 0.4) is 0 Å². The average molecular weight is 246 g/mol. The predicted octanol–water partition coefficient (Wildman–Crippen LogP) is 3.12. The molecule has 1 aliphatic heterocycles. The van der Waals surface area contributed by atoms with Gasteiger partial charge in [0.2, 0.25) is 0 Å². The molecule has 0 saturated carbocycles. The van der Waals surface area contributed by atoms with Crippen LogP contribution in [0.2, 0.25) is 0 Å². The summed E-state index contributed by atoms with van der Waals surface area (Å²) in [6.45, 7) is 7.61. The molecule has 1 aromatic carbocycles. The maximum absolute atomic E-state index is 5.70. The average Bonchev–Trinajstić information content (AvgIpc) is 2.41. The van der Waals surface area contributed by atoms with Gasteiger partial charge in [-0.25, -0.2) is 0 Å². The normalized spacial score (nSPS) is 22.9. The van der Waals surface area contributed by atoms with E-state index in [1.165, 1.54) is 36.9 Å². The highest BCUT2D eigenvalue weighted by molar-refractivity contribution is 5.25. The molecule has 0 spiro atoms. The largest absolute Gasteiger partial charge is 0.330 e. The Hall–Kier alpha value is -0.860. The lowest BCUT2D eigenvalue weighted by molar-refractivity contribution is 0.152. The van der Waals surface area contributed by atoms with Crippen LogP contribution in [-0.2, 0) is 6.54 Å². The van der Waals surface area contributed by atoms with E-state index >= 15 is 0 Å². The fraction of sp³-hybridized carbons (Fsp3) is 0.625. The Labute approximate surface area is 111 Å². The highest BCUT2D eigenvalue weighted by Crippen LogP contribution is 2.20. The predicted molar refractivity (Wildman–Crippen MR) is 77.6 cm³/mol. The number of rotatable bonds is 4. The second-order valence-electron chi connectivity index (χ2n) is 5.69. The van der Waals surface area contributed by atoms with Gasteiger partial charge in [-0.05, 0) is 49.9 Å². The van der Waals surface area contributed by atoms with Gasteiger partial charge in [0.05, 0.1) is 0 Å². The molecule has 1 saturated heterocycles. The second-order valence-corrected chi connectivity index (χ2v) is 5.69. The summed E-state index contributed by atoms with van der Waals surface area (Å²) in [6, 6.07) is 9.75. The lowest BCUT2D eigenvalue weighted by Gasteiger charge is -2.33. The molecule has 18 heavy (non-hydrogen) atoms. The van der Waals surface area contributed by atoms with Crippen molar-refractivity contribution < 1.29 is 0 Å². The van der Waals surface area contributed by atoms with Gasteiger partial charge in [0.1, 0.15) is 0 Å². The Morgan fingerprint density at radius 2 is 2.00 bits per heavy atom. The van der Waals surface area contributed by atoms with Crippen molar-refractivity contribution in [1.29, 1.82) is 0 Å². The van der Waals surface area contributed by atoms with Crippen molar-refractivity contribution in [3.63, 3.8) is 0 Å². The SMILES string of the molecule is CC(CN)c1ccc(CN2CCCCC2C)cc1. The minimum absolute atomic E-state index is 0.466. The number of nitrogens with zero attached hydrogens (tertiary/aromatic N) is 1. The van der Waals surface area contributed by atoms with E-state index in [4.69, 9.17) is 5.73 Å². The molecule has 1 aliphatic rings. The molecule has 0 radical (unpaired) electrons. The van der Waals surface area contributed by atoms with Crippen LogP contribution in [0.5, 0.6) is 0 Å². The quantitative estimate of drug-likeness (QED) is 0.884. The summed E-state index contributed by atoms with van der Waals surface area (Å²) in [4.78, 5) is 2.60. The van der Waals surface area contributed by atoms with E-state index in [1.54, 1.807) is 0 Å². The fourth-order valence-corrected chi connectivity index (χ4v) is 2.71. The molecule has 2 atom stereocenters. The van der Waals surface area contributed by atoms with Crippen molar-refractivity contribution in [2.75, 3.05) is 13.1 Å². The van der Waals surface area contributed by atoms with Crippen LogP contribution in [-0.4, -0.2) is 24.0 Å². The molecule has 2 unspecified atom stereocenters. The van der Waals surface area contributed by atoms with Gasteiger partial charge in [-0.1, -0.05) is 37.6 Å². The maximum atomic E-state index is 5.70. The zero-order chi connectivity index (χ0) is 13.0. The smallest absolute Gasteiger partial charge is 0.0236 e. The summed E-state index contributed by atoms with van der Waals surface area (Å²) >= 11 is 0. The van der Waals surface area contributed by atoms with Gasteiger partial charge in [0, 0.05) is 12.6 Å². The van der Waals surface area contributed by atoms with E-state index in [9.17, 15) is 0 Å². The molecule has 1 fully saturated rings. The molecule has 1 heterocycles. The molecule has 0 aromatic heterocycles. The molecule has 0 bridgehead atoms. The standard InChI is InChI=1S/C16H26N2/c1-13(11-17)16-8-6-15(7-9-16)12-18-10-4-3-5-14(18)2/h6-9,13-14H,3-5,10-12,17H2,1-2H3. The zero-order valence-corrected chi connectivity index (χ0v) is 11.7. The zero-order valence-electron chi connectivity index (χ0n) is 11.7. The minimum atomic E-state index is 0.466. The fourth-order valence-electron chi connectivity index (χ4n) is 2.71. The number of likely N-dealkylation sites (tertiary alicyclic amines) is 1. The molecule has 0 amide bonds. The number of piperidine rings is 1. The van der Waals surface area contributed by atoms with Crippen LogP contribution in [0, 0.1) is 0 Å². The molecule has 2 N–H and O–H groups in total. The van der Waals surface area contributed by atoms with Crippen LogP contribution in [0.1, 0.15) is 50.2 Å². The van der Waals surface area contributed by atoms with Crippen LogP contribution in [0.15, 0.2) is 24.3 Å². The first-order chi connectivity index (χ1) is 8.70. The first-order valence-corrected chi connectivity index (χ1v) is 7.23. The van der Waals surface area contributed by atoms with Gasteiger partial charge >= 0.3 is 0 Å². The third-order valence-corrected chi connectivity index (χ3v) is 4.23. The van der Waals surface area contributed by atoms with E-state index < -0.39 is 0 Å². The lowest BCUT2D eigenvalue weighted by atomic mass is 9.99. The number of nitrogens with two attached hydrogens (primary N) is 1. The van der Waals surface area contributed by atoms with E-state index in [0.29, 0.717) is 5.92 Å². The van der Waals surface area contributed by atoms with Gasteiger partial charge in [-0.3, -0.25) is 4.90 Å². The molecule has 2 nitrogen and oxygen atoms in total. The van der Waals surface area contributed by atoms with Crippen LogP contribution in [0.25, 0.3) is 0 Å². The highest BCUT2D eigenvalue weighted by atomic mass is 15.2. The lowest BCUT2D eigenvalue weighted by Crippen LogP contribution is -2.36. The first-order valence-electron chi connectivity index (χ1n) is 7.23. The van der Waals surface area contributed by atoms with Crippen LogP contribution < -0.4 is 5.73 Å². The minimum Gasteiger partial charge on any atom is -0.330 e. The third kappa shape index (κ3) is 3.33. The van der Waals surface area contributed by atoms with E-state index in [-0.39, 0.29) is 0 Å². The third-order valence-electron chi connectivity index (χ3n) is 4.23. The van der Waals surface area contributed by atoms with Crippen molar-refractivity contribution >= 4 is 0 Å². The van der Waals surface area contributed by atoms with Crippen LogP contribution >= 0.6 is 0 Å². The Kier molecular flexibility index (Phi) is 4.79. The number of hydrogen-bond donors (Lipinski definition) is 1. The summed E-state index contributed by atoms with van der Waals surface area (Å²) in [6.07, 6.45) is 4.10. The first kappa shape index (κ1) is 13.6. The Balaban J connectivity index is 1.97. The number of benzene rings is 1. The molecule has 100 valence electrons. The molecular weight excluding hydrogens is 220 g/mol. The summed E-state index contributed by atoms with van der Waals surface area (Å²) in [5.41, 5.74) is 8.48. The molecule has 0 aliphatic carbocycles. The van der Waals surface area contributed by atoms with Crippen LogP contribution in [0.4, 0.5) is 0 Å². The number of hydrogen-bond acceptors (Lipinski definition) is 2. The second kappa shape index (κ2) is 6.35. The monoisotopic (exact) mass is 246 g/mol. The molecule has 2 heteroatoms. The Bertz CT molecular complexity index is 358. The Morgan fingerprint density at radius 1 is 1.28 bits per heavy atom. The topological polar surface area (TPSA) is 29.3 Å². The van der Waals surface area contributed by atoms with Gasteiger partial charge in [0.25, 0.3) is 0 Å². The summed E-state index contributed by atoms with van der Waals surface area (Å²) in [5.74, 6) is 0.466. The molecule has 2 rings (SSSR count). The summed E-state index contributed by atoms with van der Waals surface area (Å²) in [5, 5.41) is 0. The van der Waals surface area contributed by atoms with E-state index in [2.05, 4.69) is 43.0 Å². The van der Waals surface area contributed by atoms with Gasteiger partial charge < -0.3 is 5.73 Å². The highest BCUT2D eigenvalue weighted by Gasteiger charge is 2.17. The van der Waals surface area contributed by atoms with Crippen molar-refractivity contribution in [2.45, 2.75) is 51.6 Å². The van der Waals surface area contributed by atoms with Gasteiger partial charge in [-0.2, -0.15) is 0 Å². The van der Waals surface area contributed by atoms with E-state index in [0.717, 1.165) is 19.1 Å². The van der Waals surface area contributed by atoms with Gasteiger partial charge in [-0.15, -0.1) is 0 Å². The molecule has 1 aromatic rings. The van der Waals surface area contributed by atoms with Crippen molar-refractivity contribution in [3.8, 4) is 0 Å². The van der Waals surface area contributed by atoms with Crippen molar-refractivity contribution in [3.05, 3.63) is 35.4 Å². The molecular formula is C16H26N2. The summed E-state index contributed by atoms with van der Waals surface area (Å²) in [7, 11) is 0. The van der Waals surface area contributed by atoms with Gasteiger partial charge in [0.15, 0.2) is 0 Å². The summed E-state index contributed by atoms with van der Waals surface area (Å²) < 4.78 is 0. The maximum Gasteiger partial charge on any atom is 0.0236 e.